The molecule has 3 rings (SSSR count). The van der Waals surface area contributed by atoms with Gasteiger partial charge in [0.15, 0.2) is 35.2 Å². The van der Waals surface area contributed by atoms with Crippen molar-refractivity contribution in [2.45, 2.75) is 56.5 Å². The third-order valence-corrected chi connectivity index (χ3v) is 8.27. The second-order valence-electron chi connectivity index (χ2n) is 8.93. The highest BCUT2D eigenvalue weighted by atomic mass is 32.2. The molecule has 1 aliphatic rings. The van der Waals surface area contributed by atoms with Crippen LogP contribution < -0.4 is 11.1 Å². The first-order valence-electron chi connectivity index (χ1n) is 12.9. The van der Waals surface area contributed by atoms with Crippen molar-refractivity contribution in [1.82, 2.24) is 19.5 Å². The minimum Gasteiger partial charge on any atom is -0.449 e. The zero-order valence-corrected chi connectivity index (χ0v) is 23.1. The predicted octanol–water partition coefficient (Wildman–Crippen LogP) is 1.12. The minimum absolute atomic E-state index is 0.306. The largest absolute Gasteiger partial charge is 0.449 e. The van der Waals surface area contributed by atoms with Crippen LogP contribution in [-0.4, -0.2) is 97.6 Å². The summed E-state index contributed by atoms with van der Waals surface area (Å²) in [6.07, 6.45) is 0.241. The number of nitrogens with two attached hydrogens (primary N) is 1. The Labute approximate surface area is 238 Å². The molecule has 0 spiro atoms. The normalized spacial score (nSPS) is 21.1. The molecule has 0 aromatic carbocycles. The van der Waals surface area contributed by atoms with Crippen LogP contribution in [-0.2, 0) is 25.2 Å². The standard InChI is InChI=1S/C23H33N12O5S/c24-17(39-15-36)6-11-41(10-4-2-1-3-8-31-33-25)12-16-19(37)20(38)23(40-16)35-14-30-18-21(28-13-29-22(18)35)27-7-5-9-32-34-26/h13-17,19-20,23,37-38H,1,3,5-12,24H2,(H,27,28,29)/q+1/t16-,17?,19?,20+,23-,41?/m1/s1. The molecular formula is C23H33N12O5S+. The molecule has 3 unspecified atom stereocenters. The number of ether oxygens (including phenoxy) is 2. The Morgan fingerprint density at radius 2 is 2.00 bits per heavy atom. The lowest BCUT2D eigenvalue weighted by Gasteiger charge is -2.17. The number of fused-ring (bicyclic) bond motifs is 1. The number of aromatic nitrogens is 4. The average Bonchev–Trinajstić information content (AvgIpc) is 3.52. The fourth-order valence-corrected chi connectivity index (χ4v) is 6.10. The van der Waals surface area contributed by atoms with E-state index in [0.29, 0.717) is 86.0 Å². The first-order chi connectivity index (χ1) is 20.0. The minimum atomic E-state index is -1.24. The quantitative estimate of drug-likeness (QED) is 0.0299. The second-order valence-corrected chi connectivity index (χ2v) is 11.2. The lowest BCUT2D eigenvalue weighted by atomic mass is 10.1. The SMILES string of the molecule is [N-]=[N+]=NCCCC#CC[S+](CCC(N)OC=O)C[C@H]1O[C@@H](n2cnc3c(NCCCN=[N+]=[N-])ncnc32)[C@@H](O)C1O. The van der Waals surface area contributed by atoms with Crippen molar-refractivity contribution >= 4 is 34.3 Å². The van der Waals surface area contributed by atoms with Gasteiger partial charge in [0.05, 0.1) is 6.33 Å². The Kier molecular flexibility index (Phi) is 13.2. The monoisotopic (exact) mass is 589 g/mol. The topological polar surface area (TPSA) is 255 Å². The van der Waals surface area contributed by atoms with E-state index in [9.17, 15) is 15.0 Å². The van der Waals surface area contributed by atoms with Crippen molar-refractivity contribution in [1.29, 1.82) is 0 Å². The summed E-state index contributed by atoms with van der Waals surface area (Å²) >= 11 is 0. The summed E-state index contributed by atoms with van der Waals surface area (Å²) in [4.78, 5) is 29.0. The number of hydrogen-bond acceptors (Lipinski definition) is 12. The summed E-state index contributed by atoms with van der Waals surface area (Å²) in [5.74, 6) is 8.14. The number of anilines is 1. The Hall–Kier alpha value is -3.81. The van der Waals surface area contributed by atoms with Crippen molar-refractivity contribution in [3.8, 4) is 11.8 Å². The predicted molar refractivity (Wildman–Crippen MR) is 151 cm³/mol. The third-order valence-electron chi connectivity index (χ3n) is 6.11. The van der Waals surface area contributed by atoms with Gasteiger partial charge < -0.3 is 25.0 Å². The van der Waals surface area contributed by atoms with E-state index in [2.05, 4.69) is 52.2 Å². The first-order valence-corrected chi connectivity index (χ1v) is 14.6. The molecule has 2 aromatic rings. The molecule has 0 aliphatic carbocycles. The molecule has 41 heavy (non-hydrogen) atoms. The van der Waals surface area contributed by atoms with Gasteiger partial charge in [0, 0.05) is 53.2 Å². The Morgan fingerprint density at radius 1 is 1.22 bits per heavy atom. The molecule has 0 amide bonds. The number of imidazole rings is 1. The van der Waals surface area contributed by atoms with E-state index in [4.69, 9.17) is 26.3 Å². The number of hydrogen-bond donors (Lipinski definition) is 4. The molecule has 0 radical (unpaired) electrons. The Balaban J connectivity index is 1.68. The van der Waals surface area contributed by atoms with Gasteiger partial charge in [-0.2, -0.15) is 0 Å². The molecule has 5 N–H and O–H groups in total. The number of azide groups is 2. The molecule has 3 heterocycles. The van der Waals surface area contributed by atoms with Gasteiger partial charge >= 0.3 is 0 Å². The van der Waals surface area contributed by atoms with Crippen molar-refractivity contribution in [2.24, 2.45) is 16.0 Å². The van der Waals surface area contributed by atoms with Crippen LogP contribution in [0.1, 0.15) is 31.9 Å². The number of carbonyl (C=O) groups excluding carboxylic acids is 1. The van der Waals surface area contributed by atoms with Crippen LogP contribution >= 0.6 is 0 Å². The van der Waals surface area contributed by atoms with Crippen LogP contribution in [0.5, 0.6) is 0 Å². The summed E-state index contributed by atoms with van der Waals surface area (Å²) in [5, 5.41) is 31.9. The van der Waals surface area contributed by atoms with E-state index < -0.39 is 41.7 Å². The van der Waals surface area contributed by atoms with Crippen molar-refractivity contribution in [3.63, 3.8) is 0 Å². The number of aliphatic hydroxyl groups excluding tert-OH is 2. The van der Waals surface area contributed by atoms with Crippen LogP contribution in [0.25, 0.3) is 32.0 Å². The van der Waals surface area contributed by atoms with Gasteiger partial charge in [-0.05, 0) is 29.8 Å². The van der Waals surface area contributed by atoms with E-state index in [-0.39, 0.29) is 0 Å². The number of carbonyl (C=O) groups is 1. The highest BCUT2D eigenvalue weighted by Crippen LogP contribution is 2.33. The first kappa shape index (κ1) is 31.7. The van der Waals surface area contributed by atoms with Crippen LogP contribution in [0.15, 0.2) is 22.9 Å². The Morgan fingerprint density at radius 3 is 2.76 bits per heavy atom. The summed E-state index contributed by atoms with van der Waals surface area (Å²) in [6.45, 7) is 1.52. The van der Waals surface area contributed by atoms with Crippen molar-refractivity contribution < 1.29 is 24.5 Å². The molecule has 220 valence electrons. The van der Waals surface area contributed by atoms with Crippen LogP contribution in [0, 0.1) is 11.8 Å². The fourth-order valence-electron chi connectivity index (χ4n) is 4.06. The second kappa shape index (κ2) is 17.1. The molecule has 0 bridgehead atoms. The van der Waals surface area contributed by atoms with Crippen molar-refractivity contribution in [3.05, 3.63) is 33.5 Å². The van der Waals surface area contributed by atoms with Gasteiger partial charge in [0.1, 0.15) is 36.1 Å². The maximum atomic E-state index is 10.9. The fraction of sp³-hybridized carbons (Fsp3) is 0.652. The van der Waals surface area contributed by atoms with Gasteiger partial charge in [-0.25, -0.2) is 15.0 Å². The summed E-state index contributed by atoms with van der Waals surface area (Å²) in [5.41, 5.74) is 23.5. The third kappa shape index (κ3) is 9.37. The molecule has 2 aromatic heterocycles. The Bertz CT molecular complexity index is 1290. The molecule has 17 nitrogen and oxygen atoms in total. The number of nitrogens with one attached hydrogen (secondary N) is 1. The molecule has 1 saturated heterocycles. The highest BCUT2D eigenvalue weighted by Gasteiger charge is 2.47. The zero-order valence-electron chi connectivity index (χ0n) is 22.3. The lowest BCUT2D eigenvalue weighted by molar-refractivity contribution is -0.133. The maximum absolute atomic E-state index is 10.9. The molecule has 18 heteroatoms. The average molecular weight is 590 g/mol. The highest BCUT2D eigenvalue weighted by molar-refractivity contribution is 7.97. The molecular weight excluding hydrogens is 556 g/mol. The molecule has 1 aliphatic heterocycles. The van der Waals surface area contributed by atoms with Crippen LogP contribution in [0.3, 0.4) is 0 Å². The summed E-state index contributed by atoms with van der Waals surface area (Å²) < 4.78 is 12.5. The zero-order chi connectivity index (χ0) is 29.5. The van der Waals surface area contributed by atoms with E-state index >= 15 is 0 Å². The van der Waals surface area contributed by atoms with Crippen molar-refractivity contribution in [2.75, 3.05) is 42.2 Å². The molecule has 0 saturated carbocycles. The number of rotatable bonds is 17. The van der Waals surface area contributed by atoms with Gasteiger partial charge in [0.2, 0.25) is 0 Å². The van der Waals surface area contributed by atoms with E-state index in [1.54, 1.807) is 4.57 Å². The molecule has 1 fully saturated rings. The van der Waals surface area contributed by atoms with E-state index in [1.165, 1.54) is 12.7 Å². The number of nitrogens with zero attached hydrogens (tertiary/aromatic N) is 10. The van der Waals surface area contributed by atoms with Gasteiger partial charge in [-0.1, -0.05) is 16.1 Å². The van der Waals surface area contributed by atoms with Gasteiger partial charge in [-0.15, -0.1) is 0 Å². The molecule has 6 atom stereocenters. The van der Waals surface area contributed by atoms with Gasteiger partial charge in [-0.3, -0.25) is 15.1 Å². The smallest absolute Gasteiger partial charge is 0.294 e. The van der Waals surface area contributed by atoms with Gasteiger partial charge in [0.25, 0.3) is 6.47 Å². The van der Waals surface area contributed by atoms with E-state index in [0.717, 1.165) is 0 Å². The summed E-state index contributed by atoms with van der Waals surface area (Å²) in [7, 11) is -0.400. The maximum Gasteiger partial charge on any atom is 0.294 e. The number of unbranched alkanes of at least 4 members (excludes halogenated alkanes) is 1. The number of aliphatic hydroxyl groups is 2. The lowest BCUT2D eigenvalue weighted by Crippen LogP contribution is -2.37. The van der Waals surface area contributed by atoms with E-state index in [1.807, 2.05) is 0 Å². The van der Waals surface area contributed by atoms with Crippen LogP contribution in [0.4, 0.5) is 5.82 Å². The van der Waals surface area contributed by atoms with Crippen LogP contribution in [0.2, 0.25) is 0 Å². The summed E-state index contributed by atoms with van der Waals surface area (Å²) in [6, 6.07) is 0.